The van der Waals surface area contributed by atoms with Crippen LogP contribution < -0.4 is 13.8 Å². The second kappa shape index (κ2) is 8.54. The maximum Gasteiger partial charge on any atom is 0.264 e. The molecule has 7 heteroatoms. The molecule has 0 saturated heterocycles. The number of nitrogens with zero attached hydrogens (tertiary/aromatic N) is 1. The van der Waals surface area contributed by atoms with Gasteiger partial charge in [0.2, 0.25) is 0 Å². The van der Waals surface area contributed by atoms with E-state index in [1.807, 2.05) is 18.2 Å². The van der Waals surface area contributed by atoms with Gasteiger partial charge in [0, 0.05) is 10.6 Å². The van der Waals surface area contributed by atoms with Crippen LogP contribution in [0.15, 0.2) is 77.7 Å². The minimum atomic E-state index is -3.84. The fourth-order valence-electron chi connectivity index (χ4n) is 2.79. The van der Waals surface area contributed by atoms with Gasteiger partial charge in [-0.05, 0) is 54.6 Å². The van der Waals surface area contributed by atoms with Crippen LogP contribution in [0.2, 0.25) is 5.02 Å². The van der Waals surface area contributed by atoms with Crippen LogP contribution >= 0.6 is 11.6 Å². The van der Waals surface area contributed by atoms with E-state index in [0.29, 0.717) is 22.2 Å². The number of hydrogen-bond acceptors (Lipinski definition) is 4. The Balaban J connectivity index is 2.08. The largest absolute Gasteiger partial charge is 0.497 e. The Kier molecular flexibility index (Phi) is 6.11. The Hall–Kier alpha value is -2.70. The summed E-state index contributed by atoms with van der Waals surface area (Å²) in [5, 5.41) is 0.530. The summed E-state index contributed by atoms with van der Waals surface area (Å²) in [6.07, 6.45) is 0. The standard InChI is InChI=1S/C21H20ClNO4S/c1-26-19-11-13-20(14-12-19)28(24,25)23(18-9-7-17(22)8-10-18)15-16-5-3-4-6-21(16)27-2/h3-14H,15H2,1-2H3. The third kappa shape index (κ3) is 4.24. The average molecular weight is 418 g/mol. The zero-order chi connectivity index (χ0) is 20.1. The maximum absolute atomic E-state index is 13.4. The van der Waals surface area contributed by atoms with Crippen molar-refractivity contribution in [3.05, 3.63) is 83.4 Å². The van der Waals surface area contributed by atoms with Gasteiger partial charge in [0.15, 0.2) is 0 Å². The first-order valence-corrected chi connectivity index (χ1v) is 10.3. The smallest absolute Gasteiger partial charge is 0.264 e. The molecular weight excluding hydrogens is 398 g/mol. The van der Waals surface area contributed by atoms with Crippen LogP contribution in [0.5, 0.6) is 11.5 Å². The Morgan fingerprint density at radius 1 is 0.857 bits per heavy atom. The molecule has 146 valence electrons. The molecule has 0 radical (unpaired) electrons. The van der Waals surface area contributed by atoms with Gasteiger partial charge >= 0.3 is 0 Å². The van der Waals surface area contributed by atoms with E-state index in [4.69, 9.17) is 21.1 Å². The van der Waals surface area contributed by atoms with Gasteiger partial charge in [-0.3, -0.25) is 4.31 Å². The van der Waals surface area contributed by atoms with Crippen LogP contribution in [0.4, 0.5) is 5.69 Å². The van der Waals surface area contributed by atoms with Gasteiger partial charge in [0.25, 0.3) is 10.0 Å². The number of methoxy groups -OCH3 is 2. The molecule has 0 fully saturated rings. The van der Waals surface area contributed by atoms with E-state index in [1.165, 1.54) is 23.5 Å². The van der Waals surface area contributed by atoms with E-state index >= 15 is 0 Å². The lowest BCUT2D eigenvalue weighted by atomic mass is 10.2. The van der Waals surface area contributed by atoms with Crippen molar-refractivity contribution in [2.75, 3.05) is 18.5 Å². The lowest BCUT2D eigenvalue weighted by molar-refractivity contribution is 0.410. The molecule has 0 spiro atoms. The molecule has 0 aromatic heterocycles. The highest BCUT2D eigenvalue weighted by atomic mass is 35.5. The molecule has 0 aliphatic carbocycles. The van der Waals surface area contributed by atoms with Crippen molar-refractivity contribution in [2.24, 2.45) is 0 Å². The van der Waals surface area contributed by atoms with Gasteiger partial charge in [0.1, 0.15) is 11.5 Å². The van der Waals surface area contributed by atoms with E-state index in [2.05, 4.69) is 0 Å². The number of sulfonamides is 1. The van der Waals surface area contributed by atoms with Crippen molar-refractivity contribution in [1.82, 2.24) is 0 Å². The number of benzene rings is 3. The summed E-state index contributed by atoms with van der Waals surface area (Å²) < 4.78 is 38.7. The summed E-state index contributed by atoms with van der Waals surface area (Å²) in [6, 6.07) is 20.3. The number of anilines is 1. The lowest BCUT2D eigenvalue weighted by Crippen LogP contribution is -2.30. The van der Waals surface area contributed by atoms with Crippen LogP contribution in [-0.4, -0.2) is 22.6 Å². The van der Waals surface area contributed by atoms with Crippen molar-refractivity contribution in [2.45, 2.75) is 11.4 Å². The van der Waals surface area contributed by atoms with Crippen molar-refractivity contribution in [3.8, 4) is 11.5 Å². The Bertz CT molecular complexity index is 1030. The van der Waals surface area contributed by atoms with E-state index in [1.54, 1.807) is 49.6 Å². The van der Waals surface area contributed by atoms with Crippen LogP contribution in [0.1, 0.15) is 5.56 Å². The number of rotatable bonds is 7. The summed E-state index contributed by atoms with van der Waals surface area (Å²) in [5.41, 5.74) is 1.25. The number of hydrogen-bond donors (Lipinski definition) is 0. The minimum Gasteiger partial charge on any atom is -0.497 e. The highest BCUT2D eigenvalue weighted by Gasteiger charge is 2.26. The molecule has 0 aliphatic rings. The Labute approximate surface area is 170 Å². The molecule has 0 aliphatic heterocycles. The molecule has 0 atom stereocenters. The number of ether oxygens (including phenoxy) is 2. The molecule has 3 aromatic rings. The molecule has 0 N–H and O–H groups in total. The Morgan fingerprint density at radius 2 is 1.50 bits per heavy atom. The van der Waals surface area contributed by atoms with Crippen LogP contribution in [-0.2, 0) is 16.6 Å². The predicted molar refractivity (Wildman–Crippen MR) is 111 cm³/mol. The monoisotopic (exact) mass is 417 g/mol. The van der Waals surface area contributed by atoms with E-state index in [0.717, 1.165) is 5.56 Å². The van der Waals surface area contributed by atoms with Crippen molar-refractivity contribution < 1.29 is 17.9 Å². The highest BCUT2D eigenvalue weighted by Crippen LogP contribution is 2.30. The van der Waals surface area contributed by atoms with Crippen LogP contribution in [0.25, 0.3) is 0 Å². The van der Waals surface area contributed by atoms with Crippen LogP contribution in [0, 0.1) is 0 Å². The summed E-state index contributed by atoms with van der Waals surface area (Å²) >= 11 is 5.99. The zero-order valence-corrected chi connectivity index (χ0v) is 17.1. The summed E-state index contributed by atoms with van der Waals surface area (Å²) in [6.45, 7) is 0.111. The molecule has 3 rings (SSSR count). The third-order valence-corrected chi connectivity index (χ3v) is 6.31. The first-order valence-electron chi connectivity index (χ1n) is 8.50. The molecule has 28 heavy (non-hydrogen) atoms. The molecule has 0 heterocycles. The summed E-state index contributed by atoms with van der Waals surface area (Å²) in [7, 11) is -0.744. The topological polar surface area (TPSA) is 55.8 Å². The summed E-state index contributed by atoms with van der Waals surface area (Å²) in [5.74, 6) is 1.20. The van der Waals surface area contributed by atoms with E-state index < -0.39 is 10.0 Å². The normalized spacial score (nSPS) is 11.1. The molecule has 0 saturated carbocycles. The van der Waals surface area contributed by atoms with Gasteiger partial charge in [-0.25, -0.2) is 8.42 Å². The second-order valence-corrected chi connectivity index (χ2v) is 8.27. The second-order valence-electron chi connectivity index (χ2n) is 5.98. The fourth-order valence-corrected chi connectivity index (χ4v) is 4.35. The van der Waals surface area contributed by atoms with E-state index in [-0.39, 0.29) is 11.4 Å². The molecule has 0 unspecified atom stereocenters. The average Bonchev–Trinajstić information content (AvgIpc) is 2.73. The molecule has 0 amide bonds. The molecular formula is C21H20ClNO4S. The predicted octanol–water partition coefficient (Wildman–Crippen LogP) is 4.75. The van der Waals surface area contributed by atoms with Crippen molar-refractivity contribution >= 4 is 27.3 Å². The third-order valence-electron chi connectivity index (χ3n) is 4.27. The van der Waals surface area contributed by atoms with Gasteiger partial charge in [-0.15, -0.1) is 0 Å². The molecule has 3 aromatic carbocycles. The number of halogens is 1. The first-order chi connectivity index (χ1) is 13.5. The van der Waals surface area contributed by atoms with E-state index in [9.17, 15) is 8.42 Å². The molecule has 0 bridgehead atoms. The fraction of sp³-hybridized carbons (Fsp3) is 0.143. The first kappa shape index (κ1) is 20.0. The SMILES string of the molecule is COc1ccc(S(=O)(=O)N(Cc2ccccc2OC)c2ccc(Cl)cc2)cc1. The van der Waals surface area contributed by atoms with Gasteiger partial charge in [0.05, 0.1) is 31.3 Å². The quantitative estimate of drug-likeness (QED) is 0.556. The lowest BCUT2D eigenvalue weighted by Gasteiger charge is -2.25. The Morgan fingerprint density at radius 3 is 2.11 bits per heavy atom. The minimum absolute atomic E-state index is 0.111. The van der Waals surface area contributed by atoms with Gasteiger partial charge < -0.3 is 9.47 Å². The van der Waals surface area contributed by atoms with Crippen LogP contribution in [0.3, 0.4) is 0 Å². The van der Waals surface area contributed by atoms with Crippen molar-refractivity contribution in [3.63, 3.8) is 0 Å². The van der Waals surface area contributed by atoms with Gasteiger partial charge in [-0.1, -0.05) is 29.8 Å². The molecule has 5 nitrogen and oxygen atoms in total. The number of para-hydroxylation sites is 1. The van der Waals surface area contributed by atoms with Crippen molar-refractivity contribution in [1.29, 1.82) is 0 Å². The zero-order valence-electron chi connectivity index (χ0n) is 15.5. The van der Waals surface area contributed by atoms with Gasteiger partial charge in [-0.2, -0.15) is 0 Å². The highest BCUT2D eigenvalue weighted by molar-refractivity contribution is 7.92. The maximum atomic E-state index is 13.4. The summed E-state index contributed by atoms with van der Waals surface area (Å²) in [4.78, 5) is 0.165.